The second-order valence-corrected chi connectivity index (χ2v) is 5.99. The van der Waals surface area contributed by atoms with Crippen LogP contribution in [0.1, 0.15) is 5.56 Å². The Kier molecular flexibility index (Phi) is 4.35. The second-order valence-electron chi connectivity index (χ2n) is 5.99. The molecule has 1 aliphatic rings. The zero-order valence-electron chi connectivity index (χ0n) is 14.1. The minimum Gasteiger partial charge on any atom is -0.486 e. The van der Waals surface area contributed by atoms with Crippen LogP contribution in [0, 0.1) is 0 Å². The van der Waals surface area contributed by atoms with Crippen molar-refractivity contribution >= 4 is 11.4 Å². The Bertz CT molecular complexity index is 956. The van der Waals surface area contributed by atoms with E-state index in [0.717, 1.165) is 23.5 Å². The van der Waals surface area contributed by atoms with Crippen LogP contribution in [0.15, 0.2) is 60.8 Å². The van der Waals surface area contributed by atoms with Gasteiger partial charge in [-0.1, -0.05) is 12.1 Å². The predicted octanol–water partition coefficient (Wildman–Crippen LogP) is 5.28. The molecule has 0 unspecified atom stereocenters. The van der Waals surface area contributed by atoms with Crippen LogP contribution >= 0.6 is 0 Å². The topological polar surface area (TPSA) is 43.4 Å². The average molecular weight is 372 g/mol. The Morgan fingerprint density at radius 3 is 2.26 bits per heavy atom. The van der Waals surface area contributed by atoms with Crippen molar-refractivity contribution in [3.63, 3.8) is 0 Å². The van der Waals surface area contributed by atoms with Crippen LogP contribution in [-0.4, -0.2) is 18.2 Å². The molecule has 2 heterocycles. The monoisotopic (exact) mass is 372 g/mol. The van der Waals surface area contributed by atoms with Crippen LogP contribution in [0.2, 0.25) is 0 Å². The van der Waals surface area contributed by atoms with Gasteiger partial charge >= 0.3 is 6.18 Å². The fourth-order valence-corrected chi connectivity index (χ4v) is 2.78. The molecule has 0 saturated heterocycles. The molecule has 0 bridgehead atoms. The minimum absolute atomic E-state index is 0.504. The van der Waals surface area contributed by atoms with Gasteiger partial charge in [0.15, 0.2) is 11.5 Å². The molecule has 1 N–H and O–H groups in total. The van der Waals surface area contributed by atoms with Gasteiger partial charge in [0.05, 0.1) is 11.3 Å². The number of fused-ring (bicyclic) bond motifs is 1. The van der Waals surface area contributed by atoms with E-state index >= 15 is 0 Å². The Balaban J connectivity index is 1.56. The number of rotatable bonds is 3. The van der Waals surface area contributed by atoms with Gasteiger partial charge in [-0.15, -0.1) is 0 Å². The standard InChI is InChI=1S/C20H15F3N2O2/c21-20(22,23)14-3-1-13(2-4-14)17-11-16(7-8-24-17)25-15-5-6-18-19(12-15)27-10-9-26-18/h1-8,11-12H,9-10H2,(H,24,25). The molecule has 7 heteroatoms. The fraction of sp³-hybridized carbons (Fsp3) is 0.150. The molecule has 1 aliphatic heterocycles. The smallest absolute Gasteiger partial charge is 0.416 e. The van der Waals surface area contributed by atoms with Crippen molar-refractivity contribution in [2.75, 3.05) is 18.5 Å². The quantitative estimate of drug-likeness (QED) is 0.679. The van der Waals surface area contributed by atoms with E-state index < -0.39 is 11.7 Å². The summed E-state index contributed by atoms with van der Waals surface area (Å²) in [6.45, 7) is 1.03. The number of nitrogens with one attached hydrogen (secondary N) is 1. The molecule has 0 fully saturated rings. The van der Waals surface area contributed by atoms with Crippen LogP contribution in [-0.2, 0) is 6.18 Å². The number of alkyl halides is 3. The maximum absolute atomic E-state index is 12.7. The zero-order valence-corrected chi connectivity index (χ0v) is 14.1. The summed E-state index contributed by atoms with van der Waals surface area (Å²) in [6.07, 6.45) is -2.75. The highest BCUT2D eigenvalue weighted by atomic mass is 19.4. The molecule has 0 radical (unpaired) electrons. The van der Waals surface area contributed by atoms with Gasteiger partial charge in [0.25, 0.3) is 0 Å². The highest BCUT2D eigenvalue weighted by Crippen LogP contribution is 2.34. The van der Waals surface area contributed by atoms with E-state index in [2.05, 4.69) is 10.3 Å². The number of aromatic nitrogens is 1. The van der Waals surface area contributed by atoms with Crippen LogP contribution in [0.5, 0.6) is 11.5 Å². The summed E-state index contributed by atoms with van der Waals surface area (Å²) in [6, 6.07) is 14.0. The van der Waals surface area contributed by atoms with Gasteiger partial charge in [-0.2, -0.15) is 13.2 Å². The van der Waals surface area contributed by atoms with Gasteiger partial charge in [0.2, 0.25) is 0 Å². The SMILES string of the molecule is FC(F)(F)c1ccc(-c2cc(Nc3ccc4c(c3)OCCO4)ccn2)cc1. The summed E-state index contributed by atoms with van der Waals surface area (Å²) in [4.78, 5) is 4.25. The van der Waals surface area contributed by atoms with Gasteiger partial charge in [0.1, 0.15) is 13.2 Å². The molecule has 1 aromatic heterocycles. The number of hydrogen-bond acceptors (Lipinski definition) is 4. The van der Waals surface area contributed by atoms with Gasteiger partial charge in [-0.25, -0.2) is 0 Å². The van der Waals surface area contributed by atoms with E-state index in [-0.39, 0.29) is 0 Å². The number of halogens is 3. The molecule has 0 atom stereocenters. The molecule has 2 aromatic carbocycles. The highest BCUT2D eigenvalue weighted by molar-refractivity contribution is 5.69. The maximum Gasteiger partial charge on any atom is 0.416 e. The first kappa shape index (κ1) is 17.2. The van der Waals surface area contributed by atoms with E-state index in [1.54, 1.807) is 18.3 Å². The average Bonchev–Trinajstić information content (AvgIpc) is 2.68. The summed E-state index contributed by atoms with van der Waals surface area (Å²) in [5.41, 5.74) is 2.07. The van der Waals surface area contributed by atoms with E-state index in [1.165, 1.54) is 12.1 Å². The normalized spacial score (nSPS) is 13.3. The molecule has 0 saturated carbocycles. The largest absolute Gasteiger partial charge is 0.486 e. The van der Waals surface area contributed by atoms with E-state index in [1.807, 2.05) is 18.2 Å². The Labute approximate surface area is 153 Å². The first-order chi connectivity index (χ1) is 13.0. The first-order valence-electron chi connectivity index (χ1n) is 8.29. The third-order valence-electron chi connectivity index (χ3n) is 4.10. The lowest BCUT2D eigenvalue weighted by atomic mass is 10.1. The van der Waals surface area contributed by atoms with E-state index in [9.17, 15) is 13.2 Å². The van der Waals surface area contributed by atoms with Crippen molar-refractivity contribution in [2.45, 2.75) is 6.18 Å². The lowest BCUT2D eigenvalue weighted by molar-refractivity contribution is -0.137. The Morgan fingerprint density at radius 2 is 1.52 bits per heavy atom. The second kappa shape index (κ2) is 6.83. The van der Waals surface area contributed by atoms with Crippen molar-refractivity contribution in [1.82, 2.24) is 4.98 Å². The zero-order chi connectivity index (χ0) is 18.9. The molecule has 0 aliphatic carbocycles. The van der Waals surface area contributed by atoms with Crippen LogP contribution in [0.25, 0.3) is 11.3 Å². The summed E-state index contributed by atoms with van der Waals surface area (Å²) in [7, 11) is 0. The van der Waals surface area contributed by atoms with Crippen molar-refractivity contribution in [3.05, 3.63) is 66.4 Å². The van der Waals surface area contributed by atoms with Crippen molar-refractivity contribution in [2.24, 2.45) is 0 Å². The molecule has 0 amide bonds. The van der Waals surface area contributed by atoms with Crippen molar-refractivity contribution in [1.29, 1.82) is 0 Å². The lowest BCUT2D eigenvalue weighted by Gasteiger charge is -2.19. The van der Waals surface area contributed by atoms with E-state index in [0.29, 0.717) is 36.0 Å². The Hall–Kier alpha value is -3.22. The summed E-state index contributed by atoms with van der Waals surface area (Å²) in [5.74, 6) is 1.37. The molecule has 4 nitrogen and oxygen atoms in total. The Morgan fingerprint density at radius 1 is 0.815 bits per heavy atom. The van der Waals surface area contributed by atoms with Crippen molar-refractivity contribution in [3.8, 4) is 22.8 Å². The molecular formula is C20H15F3N2O2. The van der Waals surface area contributed by atoms with Crippen LogP contribution in [0.3, 0.4) is 0 Å². The summed E-state index contributed by atoms with van der Waals surface area (Å²) < 4.78 is 49.2. The molecule has 4 rings (SSSR count). The molecule has 27 heavy (non-hydrogen) atoms. The third-order valence-corrected chi connectivity index (χ3v) is 4.10. The van der Waals surface area contributed by atoms with Gasteiger partial charge in [-0.05, 0) is 36.4 Å². The van der Waals surface area contributed by atoms with Crippen LogP contribution in [0.4, 0.5) is 24.5 Å². The van der Waals surface area contributed by atoms with Gasteiger partial charge in [-0.3, -0.25) is 4.98 Å². The number of nitrogens with zero attached hydrogens (tertiary/aromatic N) is 1. The summed E-state index contributed by atoms with van der Waals surface area (Å²) >= 11 is 0. The lowest BCUT2D eigenvalue weighted by Crippen LogP contribution is -2.15. The maximum atomic E-state index is 12.7. The van der Waals surface area contributed by atoms with Crippen LogP contribution < -0.4 is 14.8 Å². The molecule has 0 spiro atoms. The van der Waals surface area contributed by atoms with Gasteiger partial charge in [0, 0.05) is 29.2 Å². The number of ether oxygens (including phenoxy) is 2. The summed E-state index contributed by atoms with van der Waals surface area (Å²) in [5, 5.41) is 3.24. The third kappa shape index (κ3) is 3.81. The highest BCUT2D eigenvalue weighted by Gasteiger charge is 2.30. The number of benzene rings is 2. The molecule has 138 valence electrons. The van der Waals surface area contributed by atoms with Gasteiger partial charge < -0.3 is 14.8 Å². The predicted molar refractivity (Wildman–Crippen MR) is 95.4 cm³/mol. The first-order valence-corrected chi connectivity index (χ1v) is 8.29. The fourth-order valence-electron chi connectivity index (χ4n) is 2.78. The number of pyridine rings is 1. The number of hydrogen-bond donors (Lipinski definition) is 1. The van der Waals surface area contributed by atoms with E-state index in [4.69, 9.17) is 9.47 Å². The minimum atomic E-state index is -4.35. The number of anilines is 2. The molecular weight excluding hydrogens is 357 g/mol. The molecule has 3 aromatic rings. The van der Waals surface area contributed by atoms with Crippen molar-refractivity contribution < 1.29 is 22.6 Å².